The van der Waals surface area contributed by atoms with Crippen LogP contribution in [0.15, 0.2) is 57.7 Å². The Labute approximate surface area is 119 Å². The number of furan rings is 1. The first kappa shape index (κ1) is 11.7. The maximum absolute atomic E-state index is 5.85. The molecular formula is C15H10N4O2. The van der Waals surface area contributed by atoms with E-state index in [0.717, 1.165) is 11.0 Å². The summed E-state index contributed by atoms with van der Waals surface area (Å²) in [6, 6.07) is 11.3. The van der Waals surface area contributed by atoms with Gasteiger partial charge in [0.15, 0.2) is 5.76 Å². The van der Waals surface area contributed by atoms with Gasteiger partial charge in [-0.1, -0.05) is 23.4 Å². The third-order valence-corrected chi connectivity index (χ3v) is 3.15. The molecule has 3 heterocycles. The van der Waals surface area contributed by atoms with E-state index in [1.807, 2.05) is 30.3 Å². The highest BCUT2D eigenvalue weighted by Gasteiger charge is 2.15. The van der Waals surface area contributed by atoms with Crippen LogP contribution in [0.25, 0.3) is 34.0 Å². The maximum Gasteiger partial charge on any atom is 0.260 e. The molecule has 21 heavy (non-hydrogen) atoms. The van der Waals surface area contributed by atoms with Crippen LogP contribution in [-0.2, 0) is 0 Å². The van der Waals surface area contributed by atoms with Crippen LogP contribution in [0, 0.1) is 0 Å². The van der Waals surface area contributed by atoms with E-state index < -0.39 is 0 Å². The first-order chi connectivity index (χ1) is 10.3. The van der Waals surface area contributed by atoms with Gasteiger partial charge in [-0.2, -0.15) is 4.98 Å². The second-order valence-electron chi connectivity index (χ2n) is 4.53. The minimum Gasteiger partial charge on any atom is -0.453 e. The molecule has 0 aliphatic heterocycles. The molecule has 6 nitrogen and oxygen atoms in total. The van der Waals surface area contributed by atoms with Crippen LogP contribution in [0.5, 0.6) is 0 Å². The van der Waals surface area contributed by atoms with Crippen LogP contribution in [0.2, 0.25) is 0 Å². The van der Waals surface area contributed by atoms with Crippen molar-refractivity contribution in [3.8, 4) is 23.0 Å². The lowest BCUT2D eigenvalue weighted by Gasteiger charge is -1.96. The molecule has 2 N–H and O–H groups in total. The van der Waals surface area contributed by atoms with E-state index in [1.54, 1.807) is 18.5 Å². The van der Waals surface area contributed by atoms with Gasteiger partial charge in [-0.15, -0.1) is 0 Å². The van der Waals surface area contributed by atoms with Gasteiger partial charge in [0.25, 0.3) is 5.89 Å². The van der Waals surface area contributed by atoms with Crippen LogP contribution in [0.1, 0.15) is 0 Å². The Bertz CT molecular complexity index is 893. The molecule has 0 bridgehead atoms. The molecule has 0 fully saturated rings. The lowest BCUT2D eigenvalue weighted by Crippen LogP contribution is -1.90. The van der Waals surface area contributed by atoms with E-state index in [1.165, 1.54) is 0 Å². The van der Waals surface area contributed by atoms with E-state index in [9.17, 15) is 0 Å². The number of aromatic nitrogens is 3. The first-order valence-electron chi connectivity index (χ1n) is 6.34. The lowest BCUT2D eigenvalue weighted by molar-refractivity contribution is 0.430. The second kappa shape index (κ2) is 4.45. The average molecular weight is 278 g/mol. The summed E-state index contributed by atoms with van der Waals surface area (Å²) in [4.78, 5) is 8.26. The molecule has 0 atom stereocenters. The van der Waals surface area contributed by atoms with Gasteiger partial charge in [-0.3, -0.25) is 4.98 Å². The van der Waals surface area contributed by atoms with Gasteiger partial charge < -0.3 is 14.7 Å². The highest BCUT2D eigenvalue weighted by Crippen LogP contribution is 2.29. The number of rotatable bonds is 2. The van der Waals surface area contributed by atoms with Crippen LogP contribution in [0.4, 0.5) is 5.69 Å². The van der Waals surface area contributed by atoms with Gasteiger partial charge in [-0.05, 0) is 18.2 Å². The average Bonchev–Trinajstić information content (AvgIpc) is 3.14. The number of pyridine rings is 1. The Morgan fingerprint density at radius 2 is 2.00 bits per heavy atom. The van der Waals surface area contributed by atoms with Crippen molar-refractivity contribution in [2.45, 2.75) is 0 Å². The normalized spacial score (nSPS) is 11.0. The van der Waals surface area contributed by atoms with Crippen molar-refractivity contribution in [2.75, 3.05) is 5.73 Å². The molecule has 4 aromatic rings. The second-order valence-corrected chi connectivity index (χ2v) is 4.53. The zero-order valence-corrected chi connectivity index (χ0v) is 10.9. The molecule has 0 aliphatic rings. The minimum atomic E-state index is 0.338. The van der Waals surface area contributed by atoms with Gasteiger partial charge in [0, 0.05) is 11.6 Å². The van der Waals surface area contributed by atoms with Crippen molar-refractivity contribution in [3.05, 3.63) is 48.8 Å². The third kappa shape index (κ3) is 1.93. The summed E-state index contributed by atoms with van der Waals surface area (Å²) in [5.74, 6) is 1.28. The Kier molecular flexibility index (Phi) is 2.47. The minimum absolute atomic E-state index is 0.338. The molecule has 0 spiro atoms. The SMILES string of the molecule is Nc1cnccc1-c1nc(-c2cc3ccccc3o2)no1. The van der Waals surface area contributed by atoms with Crippen LogP contribution >= 0.6 is 0 Å². The highest BCUT2D eigenvalue weighted by atomic mass is 16.5. The van der Waals surface area contributed by atoms with Crippen molar-refractivity contribution >= 4 is 16.7 Å². The fraction of sp³-hybridized carbons (Fsp3) is 0. The molecule has 0 radical (unpaired) electrons. The fourth-order valence-electron chi connectivity index (χ4n) is 2.13. The predicted octanol–water partition coefficient (Wildman–Crippen LogP) is 3.13. The molecule has 1 aromatic carbocycles. The summed E-state index contributed by atoms with van der Waals surface area (Å²) in [6.07, 6.45) is 3.16. The molecule has 0 amide bonds. The van der Waals surface area contributed by atoms with Gasteiger partial charge in [0.1, 0.15) is 5.58 Å². The molecule has 6 heteroatoms. The molecule has 0 aliphatic carbocycles. The Morgan fingerprint density at radius 3 is 2.86 bits per heavy atom. The predicted molar refractivity (Wildman–Crippen MR) is 77.1 cm³/mol. The van der Waals surface area contributed by atoms with E-state index >= 15 is 0 Å². The standard InChI is InChI=1S/C15H10N4O2/c16-11-8-17-6-5-10(11)15-18-14(19-21-15)13-7-9-3-1-2-4-12(9)20-13/h1-8H,16H2. The maximum atomic E-state index is 5.85. The lowest BCUT2D eigenvalue weighted by atomic mass is 10.2. The number of anilines is 1. The van der Waals surface area contributed by atoms with Crippen molar-refractivity contribution in [2.24, 2.45) is 0 Å². The highest BCUT2D eigenvalue weighted by molar-refractivity contribution is 5.81. The third-order valence-electron chi connectivity index (χ3n) is 3.15. The summed E-state index contributed by atoms with van der Waals surface area (Å²) in [5.41, 5.74) is 7.76. The molecule has 0 saturated carbocycles. The topological polar surface area (TPSA) is 91.0 Å². The zero-order valence-electron chi connectivity index (χ0n) is 10.9. The van der Waals surface area contributed by atoms with Gasteiger partial charge >= 0.3 is 0 Å². The van der Waals surface area contributed by atoms with Gasteiger partial charge in [0.2, 0.25) is 5.82 Å². The smallest absolute Gasteiger partial charge is 0.260 e. The van der Waals surface area contributed by atoms with E-state index in [0.29, 0.717) is 28.7 Å². The van der Waals surface area contributed by atoms with Crippen molar-refractivity contribution in [1.29, 1.82) is 0 Å². The number of nitrogen functional groups attached to an aromatic ring is 1. The summed E-state index contributed by atoms with van der Waals surface area (Å²) in [7, 11) is 0. The Morgan fingerprint density at radius 1 is 1.10 bits per heavy atom. The van der Waals surface area contributed by atoms with Gasteiger partial charge in [-0.25, -0.2) is 0 Å². The molecule has 102 valence electrons. The molecule has 3 aromatic heterocycles. The number of hydrogen-bond donors (Lipinski definition) is 1. The Balaban J connectivity index is 1.79. The van der Waals surface area contributed by atoms with Gasteiger partial charge in [0.05, 0.1) is 17.4 Å². The number of fused-ring (bicyclic) bond motifs is 1. The number of para-hydroxylation sites is 1. The number of nitrogens with zero attached hydrogens (tertiary/aromatic N) is 3. The zero-order chi connectivity index (χ0) is 14.2. The van der Waals surface area contributed by atoms with Crippen molar-refractivity contribution in [3.63, 3.8) is 0 Å². The van der Waals surface area contributed by atoms with Crippen LogP contribution in [0.3, 0.4) is 0 Å². The summed E-state index contributed by atoms with van der Waals surface area (Å²) in [5, 5.41) is 4.93. The number of nitrogens with two attached hydrogens (primary N) is 1. The van der Waals surface area contributed by atoms with E-state index in [4.69, 9.17) is 14.7 Å². The fourth-order valence-corrected chi connectivity index (χ4v) is 2.13. The molecule has 0 unspecified atom stereocenters. The number of hydrogen-bond acceptors (Lipinski definition) is 6. The molecule has 4 rings (SSSR count). The largest absolute Gasteiger partial charge is 0.453 e. The van der Waals surface area contributed by atoms with Crippen molar-refractivity contribution < 1.29 is 8.94 Å². The summed E-state index contributed by atoms with van der Waals surface area (Å²) in [6.45, 7) is 0. The van der Waals surface area contributed by atoms with Crippen molar-refractivity contribution in [1.82, 2.24) is 15.1 Å². The monoisotopic (exact) mass is 278 g/mol. The van der Waals surface area contributed by atoms with E-state index in [2.05, 4.69) is 15.1 Å². The summed E-state index contributed by atoms with van der Waals surface area (Å²) < 4.78 is 11.0. The van der Waals surface area contributed by atoms with Crippen LogP contribution in [-0.4, -0.2) is 15.1 Å². The first-order valence-corrected chi connectivity index (χ1v) is 6.34. The quantitative estimate of drug-likeness (QED) is 0.605. The number of benzene rings is 1. The van der Waals surface area contributed by atoms with Crippen LogP contribution < -0.4 is 5.73 Å². The molecular weight excluding hydrogens is 268 g/mol. The van der Waals surface area contributed by atoms with E-state index in [-0.39, 0.29) is 0 Å². The Hall–Kier alpha value is -3.15. The summed E-state index contributed by atoms with van der Waals surface area (Å²) >= 11 is 0. The molecule has 0 saturated heterocycles.